The van der Waals surface area contributed by atoms with Crippen molar-refractivity contribution in [1.82, 2.24) is 14.8 Å². The van der Waals surface area contributed by atoms with Gasteiger partial charge in [0, 0.05) is 37.9 Å². The summed E-state index contributed by atoms with van der Waals surface area (Å²) in [5.74, 6) is -1.30. The molecule has 136 valence electrons. The number of amides is 1. The predicted molar refractivity (Wildman–Crippen MR) is 97.5 cm³/mol. The fourth-order valence-electron chi connectivity index (χ4n) is 3.22. The van der Waals surface area contributed by atoms with E-state index in [0.717, 1.165) is 18.7 Å². The Bertz CT molecular complexity index is 807. The van der Waals surface area contributed by atoms with E-state index < -0.39 is 5.97 Å². The highest BCUT2D eigenvalue weighted by atomic mass is 16.4. The number of carboxylic acid groups (broad SMARTS) is 1. The number of aromatic nitrogens is 1. The molecule has 7 heteroatoms. The van der Waals surface area contributed by atoms with Crippen molar-refractivity contribution >= 4 is 11.9 Å². The van der Waals surface area contributed by atoms with E-state index in [1.54, 1.807) is 30.5 Å². The Kier molecular flexibility index (Phi) is 5.29. The summed E-state index contributed by atoms with van der Waals surface area (Å²) >= 11 is 0. The zero-order valence-electron chi connectivity index (χ0n) is 14.6. The highest BCUT2D eigenvalue weighted by Crippen LogP contribution is 2.22. The van der Waals surface area contributed by atoms with Crippen LogP contribution >= 0.6 is 0 Å². The molecule has 2 heterocycles. The van der Waals surface area contributed by atoms with E-state index in [9.17, 15) is 14.7 Å². The van der Waals surface area contributed by atoms with Crippen molar-refractivity contribution in [3.63, 3.8) is 0 Å². The van der Waals surface area contributed by atoms with Crippen molar-refractivity contribution in [3.8, 4) is 11.3 Å². The molecule has 2 aromatic rings. The van der Waals surface area contributed by atoms with Gasteiger partial charge in [-0.05, 0) is 24.7 Å². The number of carbonyl (C=O) groups is 2. The van der Waals surface area contributed by atoms with E-state index in [4.69, 9.17) is 5.73 Å². The molecule has 0 unspecified atom stereocenters. The van der Waals surface area contributed by atoms with Gasteiger partial charge in [0.1, 0.15) is 6.04 Å². The molecule has 0 radical (unpaired) electrons. The molecule has 1 atom stereocenters. The summed E-state index contributed by atoms with van der Waals surface area (Å²) in [4.78, 5) is 31.7. The fourth-order valence-corrected chi connectivity index (χ4v) is 3.22. The van der Waals surface area contributed by atoms with E-state index >= 15 is 0 Å². The molecule has 0 bridgehead atoms. The lowest BCUT2D eigenvalue weighted by Crippen LogP contribution is -2.56. The Labute approximate surface area is 152 Å². The fraction of sp³-hybridized carbons (Fsp3) is 0.316. The third kappa shape index (κ3) is 3.89. The van der Waals surface area contributed by atoms with Gasteiger partial charge in [0.2, 0.25) is 5.91 Å². The van der Waals surface area contributed by atoms with Gasteiger partial charge in [-0.2, -0.15) is 0 Å². The molecule has 7 nitrogen and oxygen atoms in total. The number of nitrogens with two attached hydrogens (primary N) is 1. The maximum Gasteiger partial charge on any atom is 0.336 e. The lowest BCUT2D eigenvalue weighted by atomic mass is 10.0. The second-order valence-electron chi connectivity index (χ2n) is 6.55. The first kappa shape index (κ1) is 18.0. The molecular formula is C19H22N4O3. The third-order valence-electron chi connectivity index (χ3n) is 4.67. The zero-order valence-corrected chi connectivity index (χ0v) is 14.6. The van der Waals surface area contributed by atoms with Crippen molar-refractivity contribution in [2.24, 2.45) is 5.73 Å². The molecule has 1 aliphatic heterocycles. The number of carboxylic acids is 1. The Morgan fingerprint density at radius 2 is 2.00 bits per heavy atom. The van der Waals surface area contributed by atoms with E-state index in [0.29, 0.717) is 24.3 Å². The molecule has 0 saturated carbocycles. The second-order valence-corrected chi connectivity index (χ2v) is 6.55. The summed E-state index contributed by atoms with van der Waals surface area (Å²) in [7, 11) is 1.98. The van der Waals surface area contributed by atoms with Crippen LogP contribution in [-0.4, -0.2) is 64.5 Å². The van der Waals surface area contributed by atoms with E-state index in [1.165, 1.54) is 0 Å². The maximum atomic E-state index is 11.7. The number of rotatable bonds is 5. The molecule has 3 N–H and O–H groups in total. The number of hydrogen-bond donors (Lipinski definition) is 2. The van der Waals surface area contributed by atoms with Gasteiger partial charge in [0.05, 0.1) is 11.3 Å². The maximum absolute atomic E-state index is 11.7. The summed E-state index contributed by atoms with van der Waals surface area (Å²) in [6, 6.07) is 10.2. The Balaban J connectivity index is 1.78. The highest BCUT2D eigenvalue weighted by molar-refractivity contribution is 5.95. The van der Waals surface area contributed by atoms with Gasteiger partial charge in [-0.1, -0.05) is 24.3 Å². The highest BCUT2D eigenvalue weighted by Gasteiger charge is 2.29. The Morgan fingerprint density at radius 3 is 2.65 bits per heavy atom. The number of aromatic carboxylic acids is 1. The normalized spacial score (nSPS) is 18.6. The molecular weight excluding hydrogens is 332 g/mol. The third-order valence-corrected chi connectivity index (χ3v) is 4.67. The molecule has 3 rings (SSSR count). The van der Waals surface area contributed by atoms with Crippen LogP contribution in [0.25, 0.3) is 11.3 Å². The van der Waals surface area contributed by atoms with E-state index in [1.807, 2.05) is 19.2 Å². The SMILES string of the molecule is CN1CCN(Cc2ccc(-c3ccccc3C(=O)O)nc2)[C@@H](C(N)=O)C1. The molecule has 1 aromatic heterocycles. The molecule has 1 aliphatic rings. The second kappa shape index (κ2) is 7.63. The first-order chi connectivity index (χ1) is 12.5. The van der Waals surface area contributed by atoms with Gasteiger partial charge in [-0.25, -0.2) is 4.79 Å². The average Bonchev–Trinajstić information content (AvgIpc) is 2.63. The smallest absolute Gasteiger partial charge is 0.336 e. The van der Waals surface area contributed by atoms with Crippen LogP contribution in [0.5, 0.6) is 0 Å². The summed E-state index contributed by atoms with van der Waals surface area (Å²) in [5, 5.41) is 9.32. The van der Waals surface area contributed by atoms with Crippen molar-refractivity contribution in [2.75, 3.05) is 26.7 Å². The lowest BCUT2D eigenvalue weighted by molar-refractivity contribution is -0.125. The van der Waals surface area contributed by atoms with Crippen LogP contribution in [0.2, 0.25) is 0 Å². The molecule has 1 aromatic carbocycles. The van der Waals surface area contributed by atoms with Gasteiger partial charge in [-0.15, -0.1) is 0 Å². The number of piperazine rings is 1. The number of pyridine rings is 1. The van der Waals surface area contributed by atoms with Gasteiger partial charge in [-0.3, -0.25) is 14.7 Å². The summed E-state index contributed by atoms with van der Waals surface area (Å²) < 4.78 is 0. The standard InChI is InChI=1S/C19H22N4O3/c1-22-8-9-23(17(12-22)18(20)24)11-13-6-7-16(21-10-13)14-4-2-3-5-15(14)19(25)26/h2-7,10,17H,8-9,11-12H2,1H3,(H2,20,24)(H,25,26)/t17-/m1/s1. The first-order valence-electron chi connectivity index (χ1n) is 8.45. The molecule has 0 spiro atoms. The number of primary amides is 1. The average molecular weight is 354 g/mol. The van der Waals surface area contributed by atoms with Crippen LogP contribution < -0.4 is 5.73 Å². The van der Waals surface area contributed by atoms with Gasteiger partial charge in [0.15, 0.2) is 0 Å². The first-order valence-corrected chi connectivity index (χ1v) is 8.45. The summed E-state index contributed by atoms with van der Waals surface area (Å²) in [6.45, 7) is 2.83. The van der Waals surface area contributed by atoms with Crippen LogP contribution in [-0.2, 0) is 11.3 Å². The molecule has 0 aliphatic carbocycles. The van der Waals surface area contributed by atoms with Crippen molar-refractivity contribution in [3.05, 3.63) is 53.7 Å². The van der Waals surface area contributed by atoms with Crippen molar-refractivity contribution in [2.45, 2.75) is 12.6 Å². The lowest BCUT2D eigenvalue weighted by Gasteiger charge is -2.38. The summed E-state index contributed by atoms with van der Waals surface area (Å²) in [6.07, 6.45) is 1.73. The Morgan fingerprint density at radius 1 is 1.23 bits per heavy atom. The van der Waals surface area contributed by atoms with Crippen LogP contribution in [0.15, 0.2) is 42.6 Å². The summed E-state index contributed by atoms with van der Waals surface area (Å²) in [5.41, 5.74) is 7.91. The molecule has 26 heavy (non-hydrogen) atoms. The van der Waals surface area contributed by atoms with Gasteiger partial charge in [0.25, 0.3) is 0 Å². The number of likely N-dealkylation sites (N-methyl/N-ethyl adjacent to an activating group) is 1. The minimum Gasteiger partial charge on any atom is -0.478 e. The number of nitrogens with zero attached hydrogens (tertiary/aromatic N) is 3. The van der Waals surface area contributed by atoms with Gasteiger partial charge >= 0.3 is 5.97 Å². The van der Waals surface area contributed by atoms with Gasteiger partial charge < -0.3 is 15.7 Å². The van der Waals surface area contributed by atoms with Crippen LogP contribution in [0.1, 0.15) is 15.9 Å². The van der Waals surface area contributed by atoms with Crippen LogP contribution in [0.4, 0.5) is 0 Å². The monoisotopic (exact) mass is 354 g/mol. The number of hydrogen-bond acceptors (Lipinski definition) is 5. The number of carbonyl (C=O) groups excluding carboxylic acids is 1. The predicted octanol–water partition coefficient (Wildman–Crippen LogP) is 1.05. The largest absolute Gasteiger partial charge is 0.478 e. The number of benzene rings is 1. The minimum atomic E-state index is -0.979. The quantitative estimate of drug-likeness (QED) is 0.832. The molecule has 1 fully saturated rings. The van der Waals surface area contributed by atoms with E-state index in [-0.39, 0.29) is 17.5 Å². The van der Waals surface area contributed by atoms with Crippen molar-refractivity contribution in [1.29, 1.82) is 0 Å². The van der Waals surface area contributed by atoms with Crippen LogP contribution in [0.3, 0.4) is 0 Å². The molecule has 1 amide bonds. The topological polar surface area (TPSA) is 99.8 Å². The van der Waals surface area contributed by atoms with Crippen molar-refractivity contribution < 1.29 is 14.7 Å². The zero-order chi connectivity index (χ0) is 18.7. The van der Waals surface area contributed by atoms with E-state index in [2.05, 4.69) is 14.8 Å². The van der Waals surface area contributed by atoms with Crippen LogP contribution in [0, 0.1) is 0 Å². The Hall–Kier alpha value is -2.77. The minimum absolute atomic E-state index is 0.223. The molecule has 1 saturated heterocycles.